The quantitative estimate of drug-likeness (QED) is 0.0686. The minimum Gasteiger partial charge on any atom is -0.495 e. The Labute approximate surface area is 363 Å². The van der Waals surface area contributed by atoms with E-state index >= 15 is 0 Å². The summed E-state index contributed by atoms with van der Waals surface area (Å²) in [6, 6.07) is 25.0. The molecular formula is C47H49FN8O7. The van der Waals surface area contributed by atoms with Crippen LogP contribution in [0.3, 0.4) is 0 Å². The van der Waals surface area contributed by atoms with Gasteiger partial charge in [0.2, 0.25) is 29.5 Å². The molecule has 2 aliphatic heterocycles. The third-order valence-electron chi connectivity index (χ3n) is 11.9. The fourth-order valence-electron chi connectivity index (χ4n) is 8.02. The van der Waals surface area contributed by atoms with Crippen molar-refractivity contribution in [2.24, 2.45) is 5.41 Å². The van der Waals surface area contributed by atoms with Crippen molar-refractivity contribution in [2.75, 3.05) is 72.6 Å². The van der Waals surface area contributed by atoms with Crippen LogP contribution in [-0.4, -0.2) is 92.3 Å². The number of piperidine rings is 1. The minimum absolute atomic E-state index is 0.0813. The number of likely N-dealkylation sites (N-methyl/N-ethyl adjacent to an activating group) is 1. The first-order valence-electron chi connectivity index (χ1n) is 21.0. The number of imide groups is 1. The molecule has 1 atom stereocenters. The van der Waals surface area contributed by atoms with E-state index in [1.807, 2.05) is 48.3 Å². The average molecular weight is 857 g/mol. The van der Waals surface area contributed by atoms with Gasteiger partial charge in [0.1, 0.15) is 34.5 Å². The van der Waals surface area contributed by atoms with E-state index in [0.29, 0.717) is 72.8 Å². The molecule has 1 aromatic heterocycles. The zero-order valence-electron chi connectivity index (χ0n) is 35.1. The average Bonchev–Trinajstić information content (AvgIpc) is 4.11. The highest BCUT2D eigenvalue weighted by atomic mass is 19.1. The summed E-state index contributed by atoms with van der Waals surface area (Å²) >= 11 is 0. The number of carbonyl (C=O) groups excluding carboxylic acids is 5. The molecular weight excluding hydrogens is 808 g/mol. The molecule has 15 nitrogen and oxygen atoms in total. The number of nitrogens with zero attached hydrogens (tertiary/aromatic N) is 4. The second-order valence-corrected chi connectivity index (χ2v) is 16.1. The second kappa shape index (κ2) is 18.5. The van der Waals surface area contributed by atoms with E-state index in [9.17, 15) is 28.4 Å². The molecule has 3 aliphatic rings. The number of hydrogen-bond acceptors (Lipinski definition) is 11. The van der Waals surface area contributed by atoms with Gasteiger partial charge in [-0.15, -0.1) is 0 Å². The lowest BCUT2D eigenvalue weighted by Gasteiger charge is -2.36. The van der Waals surface area contributed by atoms with Gasteiger partial charge in [-0.05, 0) is 117 Å². The number of rotatable bonds is 15. The van der Waals surface area contributed by atoms with Crippen LogP contribution >= 0.6 is 0 Å². The summed E-state index contributed by atoms with van der Waals surface area (Å²) in [5.41, 5.74) is 2.86. The number of nitrogens with one attached hydrogen (secondary N) is 4. The van der Waals surface area contributed by atoms with Crippen molar-refractivity contribution in [3.63, 3.8) is 0 Å². The van der Waals surface area contributed by atoms with E-state index in [2.05, 4.69) is 36.1 Å². The lowest BCUT2D eigenvalue weighted by molar-refractivity contribution is -0.134. The molecule has 4 N–H and O–H groups in total. The van der Waals surface area contributed by atoms with Crippen molar-refractivity contribution in [1.82, 2.24) is 15.2 Å². The fourth-order valence-corrected chi connectivity index (χ4v) is 8.02. The molecule has 1 saturated carbocycles. The van der Waals surface area contributed by atoms with Crippen molar-refractivity contribution >= 4 is 68.9 Å². The zero-order valence-corrected chi connectivity index (χ0v) is 35.1. The largest absolute Gasteiger partial charge is 0.495 e. The molecule has 1 unspecified atom stereocenters. The van der Waals surface area contributed by atoms with Crippen LogP contribution in [0.1, 0.15) is 38.5 Å². The number of anilines is 5. The van der Waals surface area contributed by atoms with Crippen molar-refractivity contribution in [2.45, 2.75) is 44.6 Å². The fraction of sp³-hybridized carbons (Fsp3) is 0.319. The van der Waals surface area contributed by atoms with Crippen molar-refractivity contribution in [1.29, 1.82) is 0 Å². The Morgan fingerprint density at radius 2 is 1.56 bits per heavy atom. The Kier molecular flexibility index (Phi) is 12.5. The number of pyridine rings is 1. The Hall–Kier alpha value is -7.07. The molecule has 3 heterocycles. The zero-order chi connectivity index (χ0) is 44.1. The van der Waals surface area contributed by atoms with Gasteiger partial charge in [0.15, 0.2) is 0 Å². The molecule has 16 heteroatoms. The monoisotopic (exact) mass is 856 g/mol. The Balaban J connectivity index is 0.815. The van der Waals surface area contributed by atoms with Crippen LogP contribution in [0.25, 0.3) is 10.9 Å². The Bertz CT molecular complexity index is 2520. The van der Waals surface area contributed by atoms with Gasteiger partial charge in [-0.2, -0.15) is 0 Å². The van der Waals surface area contributed by atoms with Gasteiger partial charge in [0.05, 0.1) is 18.3 Å². The maximum atomic E-state index is 13.3. The predicted molar refractivity (Wildman–Crippen MR) is 238 cm³/mol. The van der Waals surface area contributed by atoms with E-state index < -0.39 is 29.1 Å². The maximum absolute atomic E-state index is 13.3. The number of aromatic nitrogens is 1. The first kappa shape index (κ1) is 42.6. The molecule has 326 valence electrons. The summed E-state index contributed by atoms with van der Waals surface area (Å²) in [5, 5.41) is 11.7. The lowest BCUT2D eigenvalue weighted by atomic mass is 10.0. The van der Waals surface area contributed by atoms with Crippen LogP contribution in [0.5, 0.6) is 17.2 Å². The van der Waals surface area contributed by atoms with Crippen molar-refractivity contribution < 1.29 is 37.8 Å². The highest BCUT2D eigenvalue weighted by Crippen LogP contribution is 2.47. The van der Waals surface area contributed by atoms with Crippen molar-refractivity contribution in [3.05, 3.63) is 103 Å². The topological polar surface area (TPSA) is 175 Å². The maximum Gasteiger partial charge on any atom is 0.249 e. The van der Waals surface area contributed by atoms with Gasteiger partial charge in [-0.3, -0.25) is 39.2 Å². The van der Waals surface area contributed by atoms with Crippen LogP contribution in [-0.2, 0) is 24.0 Å². The van der Waals surface area contributed by atoms with E-state index in [1.165, 1.54) is 24.3 Å². The number of carbonyl (C=O) groups is 5. The van der Waals surface area contributed by atoms with Gasteiger partial charge < -0.3 is 35.2 Å². The lowest BCUT2D eigenvalue weighted by Crippen LogP contribution is -2.51. The Morgan fingerprint density at radius 1 is 0.857 bits per heavy atom. The molecule has 8 rings (SSSR count). The highest BCUT2D eigenvalue weighted by molar-refractivity contribution is 6.17. The summed E-state index contributed by atoms with van der Waals surface area (Å²) in [6.07, 6.45) is 4.33. The molecule has 0 radical (unpaired) electrons. The summed E-state index contributed by atoms with van der Waals surface area (Å²) < 4.78 is 25.5. The van der Waals surface area contributed by atoms with Crippen LogP contribution in [0, 0.1) is 11.2 Å². The van der Waals surface area contributed by atoms with Gasteiger partial charge in [0, 0.05) is 80.4 Å². The summed E-state index contributed by atoms with van der Waals surface area (Å²) in [5.74, 6) is -0.0893. The second-order valence-electron chi connectivity index (χ2n) is 16.1. The number of amides is 5. The number of fused-ring (bicyclic) bond motifs is 1. The molecule has 5 aromatic rings. The summed E-state index contributed by atoms with van der Waals surface area (Å²) in [6.45, 7) is 3.94. The number of halogens is 1. The van der Waals surface area contributed by atoms with Crippen molar-refractivity contribution in [3.8, 4) is 17.2 Å². The van der Waals surface area contributed by atoms with E-state index in [-0.39, 0.29) is 17.7 Å². The standard InChI is InChI=1S/C47H49FN8O7/c1-54(38-16-17-43(58)53-44(38)59)34-6-3-5-33(27-34)50-42(57)7-4-22-55-23-25-56(26-24-55)39-29-37-36(28-41(39)62-2)40(18-21-49-37)63-35-14-12-32(13-15-35)52-46(61)47(19-20-47)45(60)51-31-10-8-30(48)9-11-31/h3,5-6,8-15,18,21,27-29,38H,4,7,16-17,19-20,22-26H2,1-2H3,(H,50,57)(H,51,60)(H,52,61)(H,53,58,59). The third kappa shape index (κ3) is 9.86. The molecule has 5 amide bonds. The van der Waals surface area contributed by atoms with Crippen LogP contribution in [0.15, 0.2) is 97.2 Å². The third-order valence-corrected chi connectivity index (χ3v) is 11.9. The normalized spacial score (nSPS) is 17.1. The van der Waals surface area contributed by atoms with Crippen LogP contribution < -0.4 is 40.5 Å². The Morgan fingerprint density at radius 3 is 2.22 bits per heavy atom. The molecule has 1 aliphatic carbocycles. The number of hydrogen-bond donors (Lipinski definition) is 4. The van der Waals surface area contributed by atoms with Gasteiger partial charge in [-0.1, -0.05) is 6.07 Å². The number of benzene rings is 4. The van der Waals surface area contributed by atoms with E-state index in [0.717, 1.165) is 55.0 Å². The number of piperazine rings is 1. The predicted octanol–water partition coefficient (Wildman–Crippen LogP) is 6.31. The van der Waals surface area contributed by atoms with Crippen LogP contribution in [0.4, 0.5) is 32.8 Å². The number of methoxy groups -OCH3 is 1. The molecule has 2 saturated heterocycles. The molecule has 3 fully saturated rings. The van der Waals surface area contributed by atoms with E-state index in [1.54, 1.807) is 43.6 Å². The molecule has 4 aromatic carbocycles. The summed E-state index contributed by atoms with van der Waals surface area (Å²) in [7, 11) is 3.45. The first-order chi connectivity index (χ1) is 30.5. The minimum atomic E-state index is -1.18. The molecule has 0 bridgehead atoms. The van der Waals surface area contributed by atoms with Gasteiger partial charge >= 0.3 is 0 Å². The molecule has 0 spiro atoms. The molecule has 63 heavy (non-hydrogen) atoms. The smallest absolute Gasteiger partial charge is 0.249 e. The van der Waals surface area contributed by atoms with Gasteiger partial charge in [0.25, 0.3) is 0 Å². The SMILES string of the molecule is COc1cc2c(Oc3ccc(NC(=O)C4(C(=O)Nc5ccc(F)cc5)CC4)cc3)ccnc2cc1N1CCN(CCCC(=O)Nc2cccc(N(C)C3CCC(=O)NC3=O)c2)CC1. The van der Waals surface area contributed by atoms with Crippen LogP contribution in [0.2, 0.25) is 0 Å². The summed E-state index contributed by atoms with van der Waals surface area (Å²) in [4.78, 5) is 74.1. The van der Waals surface area contributed by atoms with Gasteiger partial charge in [-0.25, -0.2) is 4.39 Å². The highest BCUT2D eigenvalue weighted by Gasteiger charge is 2.56. The first-order valence-corrected chi connectivity index (χ1v) is 21.0. The number of ether oxygens (including phenoxy) is 2. The van der Waals surface area contributed by atoms with E-state index in [4.69, 9.17) is 9.47 Å².